The number of benzene rings is 1. The number of hydrogen-bond donors (Lipinski definition) is 3. The van der Waals surface area contributed by atoms with Gasteiger partial charge < -0.3 is 5.32 Å². The molecule has 0 aliphatic carbocycles. The van der Waals surface area contributed by atoms with Gasteiger partial charge in [0.05, 0.1) is 5.25 Å². The fourth-order valence-electron chi connectivity index (χ4n) is 1.92. The lowest BCUT2D eigenvalue weighted by atomic mass is 10.3. The number of amides is 3. The van der Waals surface area contributed by atoms with Gasteiger partial charge in [0.1, 0.15) is 0 Å². The van der Waals surface area contributed by atoms with Crippen molar-refractivity contribution in [1.29, 1.82) is 0 Å². The van der Waals surface area contributed by atoms with Gasteiger partial charge in [-0.05, 0) is 25.5 Å². The van der Waals surface area contributed by atoms with Gasteiger partial charge in [-0.15, -0.1) is 5.10 Å². The Hall–Kier alpha value is -2.55. The summed E-state index contributed by atoms with van der Waals surface area (Å²) in [6, 6.07) is 8.21. The Labute approximate surface area is 143 Å². The first-order chi connectivity index (χ1) is 11.5. The quantitative estimate of drug-likeness (QED) is 0.689. The number of carbonyl (C=O) groups is 2. The second kappa shape index (κ2) is 8.34. The van der Waals surface area contributed by atoms with Crippen LogP contribution in [0.4, 0.5) is 10.5 Å². The molecule has 0 radical (unpaired) electrons. The largest absolute Gasteiger partial charge is 0.343 e. The van der Waals surface area contributed by atoms with Gasteiger partial charge in [0.2, 0.25) is 5.91 Å². The van der Waals surface area contributed by atoms with Crippen molar-refractivity contribution in [2.45, 2.75) is 37.2 Å². The molecule has 1 atom stereocenters. The molecule has 0 aliphatic rings. The zero-order valence-electron chi connectivity index (χ0n) is 13.4. The molecule has 0 saturated heterocycles. The third kappa shape index (κ3) is 4.72. The number of thioether (sulfide) groups is 1. The molecule has 0 fully saturated rings. The summed E-state index contributed by atoms with van der Waals surface area (Å²) < 4.78 is 1.47. The van der Waals surface area contributed by atoms with E-state index in [1.165, 1.54) is 4.57 Å². The Morgan fingerprint density at radius 1 is 1.33 bits per heavy atom. The highest BCUT2D eigenvalue weighted by Crippen LogP contribution is 2.20. The second-order valence-corrected chi connectivity index (χ2v) is 6.34. The number of nitrogens with one attached hydrogen (secondary N) is 3. The van der Waals surface area contributed by atoms with Crippen LogP contribution in [0, 0.1) is 0 Å². The van der Waals surface area contributed by atoms with Gasteiger partial charge in [-0.1, -0.05) is 36.9 Å². The monoisotopic (exact) mass is 349 g/mol. The normalized spacial score (nSPS) is 11.8. The average molecular weight is 349 g/mol. The molecule has 0 aliphatic heterocycles. The Bertz CT molecular complexity index is 756. The molecule has 9 heteroatoms. The van der Waals surface area contributed by atoms with Crippen molar-refractivity contribution in [2.24, 2.45) is 0 Å². The minimum Gasteiger partial charge on any atom is -0.308 e. The number of aromatic nitrogens is 3. The highest BCUT2D eigenvalue weighted by Gasteiger charge is 2.20. The lowest BCUT2D eigenvalue weighted by molar-refractivity contribution is -0.119. The molecule has 2 aromatic rings. The van der Waals surface area contributed by atoms with Crippen molar-refractivity contribution < 1.29 is 9.59 Å². The Morgan fingerprint density at radius 2 is 2.04 bits per heavy atom. The molecule has 1 heterocycles. The molecule has 24 heavy (non-hydrogen) atoms. The zero-order valence-corrected chi connectivity index (χ0v) is 14.2. The number of aromatic amines is 1. The molecule has 3 N–H and O–H groups in total. The second-order valence-electron chi connectivity index (χ2n) is 5.03. The van der Waals surface area contributed by atoms with Crippen molar-refractivity contribution >= 4 is 29.4 Å². The van der Waals surface area contributed by atoms with Crippen LogP contribution in [0.15, 0.2) is 40.3 Å². The summed E-state index contributed by atoms with van der Waals surface area (Å²) in [4.78, 5) is 35.6. The molecular formula is C15H19N5O3S. The number of para-hydroxylation sites is 1. The van der Waals surface area contributed by atoms with Crippen LogP contribution in [0.25, 0.3) is 0 Å². The Morgan fingerprint density at radius 3 is 2.71 bits per heavy atom. The number of hydrogen-bond acceptors (Lipinski definition) is 5. The minimum atomic E-state index is -0.605. The van der Waals surface area contributed by atoms with E-state index in [1.54, 1.807) is 31.2 Å². The van der Waals surface area contributed by atoms with Crippen molar-refractivity contribution in [1.82, 2.24) is 20.1 Å². The summed E-state index contributed by atoms with van der Waals surface area (Å²) >= 11 is 1.12. The number of anilines is 1. The average Bonchev–Trinajstić information content (AvgIpc) is 2.89. The van der Waals surface area contributed by atoms with Crippen molar-refractivity contribution in [2.75, 3.05) is 5.32 Å². The first-order valence-electron chi connectivity index (χ1n) is 7.50. The number of carbonyl (C=O) groups excluding carboxylic acids is 2. The van der Waals surface area contributed by atoms with Crippen LogP contribution in [0.3, 0.4) is 0 Å². The highest BCUT2D eigenvalue weighted by molar-refractivity contribution is 8.00. The van der Waals surface area contributed by atoms with Crippen LogP contribution < -0.4 is 16.3 Å². The van der Waals surface area contributed by atoms with Crippen LogP contribution in [-0.2, 0) is 11.3 Å². The minimum absolute atomic E-state index is 0.311. The van der Waals surface area contributed by atoms with Crippen LogP contribution in [-0.4, -0.2) is 32.0 Å². The fourth-order valence-corrected chi connectivity index (χ4v) is 2.80. The third-order valence-corrected chi connectivity index (χ3v) is 4.18. The first-order valence-corrected chi connectivity index (χ1v) is 8.38. The Kier molecular flexibility index (Phi) is 6.19. The number of nitrogens with zero attached hydrogens (tertiary/aromatic N) is 2. The molecule has 8 nitrogen and oxygen atoms in total. The van der Waals surface area contributed by atoms with Crippen molar-refractivity contribution in [3.8, 4) is 0 Å². The maximum atomic E-state index is 12.1. The van der Waals surface area contributed by atoms with E-state index < -0.39 is 17.2 Å². The van der Waals surface area contributed by atoms with Crippen LogP contribution in [0.5, 0.6) is 0 Å². The summed E-state index contributed by atoms with van der Waals surface area (Å²) in [5, 5.41) is 11.0. The van der Waals surface area contributed by atoms with Gasteiger partial charge in [-0.2, -0.15) is 0 Å². The predicted molar refractivity (Wildman–Crippen MR) is 92.1 cm³/mol. The van der Waals surface area contributed by atoms with E-state index in [2.05, 4.69) is 20.8 Å². The molecule has 0 spiro atoms. The number of H-pyrrole nitrogens is 1. The predicted octanol–water partition coefficient (Wildman–Crippen LogP) is 1.81. The van der Waals surface area contributed by atoms with Crippen LogP contribution >= 0.6 is 11.8 Å². The molecule has 128 valence electrons. The summed E-state index contributed by atoms with van der Waals surface area (Å²) in [6.07, 6.45) is 0.771. The number of urea groups is 1. The standard InChI is InChI=1S/C15H19N5O3S/c1-3-9-20-14(23)18-19-15(20)24-10(2)12(21)17-13(22)16-11-7-5-4-6-8-11/h4-8,10H,3,9H2,1-2H3,(H,18,23)(H2,16,17,21,22). The van der Waals surface area contributed by atoms with E-state index in [9.17, 15) is 14.4 Å². The first kappa shape index (κ1) is 17.8. The van der Waals surface area contributed by atoms with E-state index in [0.717, 1.165) is 18.2 Å². The fraction of sp³-hybridized carbons (Fsp3) is 0.333. The van der Waals surface area contributed by atoms with Gasteiger partial charge in [0.15, 0.2) is 5.16 Å². The van der Waals surface area contributed by atoms with Crippen molar-refractivity contribution in [3.63, 3.8) is 0 Å². The zero-order chi connectivity index (χ0) is 17.5. The van der Waals surface area contributed by atoms with Gasteiger partial charge >= 0.3 is 11.7 Å². The lowest BCUT2D eigenvalue weighted by Gasteiger charge is -2.11. The van der Waals surface area contributed by atoms with E-state index in [0.29, 0.717) is 17.4 Å². The smallest absolute Gasteiger partial charge is 0.308 e. The number of imide groups is 1. The Balaban J connectivity index is 1.92. The highest BCUT2D eigenvalue weighted by atomic mass is 32.2. The molecule has 1 unspecified atom stereocenters. The third-order valence-electron chi connectivity index (χ3n) is 3.09. The SMILES string of the molecule is CCCn1c(SC(C)C(=O)NC(=O)Nc2ccccc2)n[nH]c1=O. The van der Waals surface area contributed by atoms with E-state index in [1.807, 2.05) is 13.0 Å². The summed E-state index contributed by atoms with van der Waals surface area (Å²) in [7, 11) is 0. The van der Waals surface area contributed by atoms with Crippen molar-refractivity contribution in [3.05, 3.63) is 40.8 Å². The number of rotatable bonds is 6. The molecule has 3 amide bonds. The van der Waals surface area contributed by atoms with Gasteiger partial charge in [0, 0.05) is 12.2 Å². The topological polar surface area (TPSA) is 109 Å². The lowest BCUT2D eigenvalue weighted by Crippen LogP contribution is -2.39. The molecule has 0 bridgehead atoms. The molecule has 2 rings (SSSR count). The van der Waals surface area contributed by atoms with Crippen LogP contribution in [0.1, 0.15) is 20.3 Å². The van der Waals surface area contributed by atoms with Gasteiger partial charge in [-0.3, -0.25) is 14.7 Å². The van der Waals surface area contributed by atoms with Crippen LogP contribution in [0.2, 0.25) is 0 Å². The van der Waals surface area contributed by atoms with Gasteiger partial charge in [0.25, 0.3) is 0 Å². The molecule has 1 aromatic heterocycles. The molecular weight excluding hydrogens is 330 g/mol. The van der Waals surface area contributed by atoms with E-state index in [4.69, 9.17) is 0 Å². The van der Waals surface area contributed by atoms with E-state index >= 15 is 0 Å². The van der Waals surface area contributed by atoms with E-state index in [-0.39, 0.29) is 5.69 Å². The van der Waals surface area contributed by atoms with Gasteiger partial charge in [-0.25, -0.2) is 14.7 Å². The molecule has 1 aromatic carbocycles. The summed E-state index contributed by atoms with van der Waals surface area (Å²) in [6.45, 7) is 4.10. The molecule has 0 saturated carbocycles. The maximum absolute atomic E-state index is 12.1. The maximum Gasteiger partial charge on any atom is 0.343 e. The summed E-state index contributed by atoms with van der Waals surface area (Å²) in [5.74, 6) is -0.466. The summed E-state index contributed by atoms with van der Waals surface area (Å²) in [5.41, 5.74) is 0.279.